The number of nitrogens with zero attached hydrogens (tertiary/aromatic N) is 2. The number of methoxy groups -OCH3 is 1. The van der Waals surface area contributed by atoms with Crippen LogP contribution < -0.4 is 10.5 Å². The highest BCUT2D eigenvalue weighted by atomic mass is 127. The standard InChI is InChI=1S/C14H13BrIN3O/c1-20-8-4-5-10(15)9(6-8)14-18-12(7-2-3-7)11(16)13(17)19-14/h4-7H,2-3H2,1H3,(H2,17,18,19). The summed E-state index contributed by atoms with van der Waals surface area (Å²) < 4.78 is 7.18. The summed E-state index contributed by atoms with van der Waals surface area (Å²) in [6.07, 6.45) is 2.37. The number of rotatable bonds is 3. The van der Waals surface area contributed by atoms with Gasteiger partial charge in [-0.3, -0.25) is 0 Å². The number of halogens is 2. The van der Waals surface area contributed by atoms with E-state index in [9.17, 15) is 0 Å². The Kier molecular flexibility index (Phi) is 3.85. The Hall–Kier alpha value is -0.890. The second-order valence-corrected chi connectivity index (χ2v) is 6.68. The molecule has 6 heteroatoms. The lowest BCUT2D eigenvalue weighted by molar-refractivity contribution is 0.415. The Morgan fingerprint density at radius 2 is 2.10 bits per heavy atom. The Morgan fingerprint density at radius 3 is 2.75 bits per heavy atom. The van der Waals surface area contributed by atoms with Gasteiger partial charge in [-0.25, -0.2) is 9.97 Å². The summed E-state index contributed by atoms with van der Waals surface area (Å²) in [5, 5.41) is 0. The molecule has 4 nitrogen and oxygen atoms in total. The largest absolute Gasteiger partial charge is 0.497 e. The Balaban J connectivity index is 2.14. The first-order chi connectivity index (χ1) is 9.60. The second-order valence-electron chi connectivity index (χ2n) is 4.75. The van der Waals surface area contributed by atoms with Gasteiger partial charge < -0.3 is 10.5 Å². The fraction of sp³-hybridized carbons (Fsp3) is 0.286. The molecule has 0 spiro atoms. The third kappa shape index (κ3) is 2.63. The van der Waals surface area contributed by atoms with Crippen LogP contribution in [0, 0.1) is 3.57 Å². The molecule has 0 unspecified atom stereocenters. The molecule has 1 aliphatic carbocycles. The van der Waals surface area contributed by atoms with Gasteiger partial charge in [0.1, 0.15) is 11.6 Å². The molecule has 0 saturated heterocycles. The summed E-state index contributed by atoms with van der Waals surface area (Å²) in [5.41, 5.74) is 8.01. The number of benzene rings is 1. The first kappa shape index (κ1) is 14.1. The summed E-state index contributed by atoms with van der Waals surface area (Å²) in [5.74, 6) is 2.51. The van der Waals surface area contributed by atoms with E-state index in [1.165, 1.54) is 12.8 Å². The first-order valence-electron chi connectivity index (χ1n) is 6.27. The van der Waals surface area contributed by atoms with Gasteiger partial charge in [-0.1, -0.05) is 15.9 Å². The summed E-state index contributed by atoms with van der Waals surface area (Å²) in [4.78, 5) is 9.14. The molecule has 0 amide bonds. The van der Waals surface area contributed by atoms with Gasteiger partial charge in [-0.15, -0.1) is 0 Å². The molecule has 1 heterocycles. The van der Waals surface area contributed by atoms with Crippen molar-refractivity contribution in [3.8, 4) is 17.1 Å². The Morgan fingerprint density at radius 1 is 1.35 bits per heavy atom. The van der Waals surface area contributed by atoms with Gasteiger partial charge >= 0.3 is 0 Å². The van der Waals surface area contributed by atoms with Gasteiger partial charge in [0.25, 0.3) is 0 Å². The summed E-state index contributed by atoms with van der Waals surface area (Å²) >= 11 is 5.77. The Labute approximate surface area is 139 Å². The predicted octanol–water partition coefficient (Wildman–Crippen LogP) is 3.98. The fourth-order valence-electron chi connectivity index (χ4n) is 2.03. The van der Waals surface area contributed by atoms with Crippen molar-refractivity contribution in [3.05, 3.63) is 31.9 Å². The van der Waals surface area contributed by atoms with Crippen molar-refractivity contribution in [3.63, 3.8) is 0 Å². The van der Waals surface area contributed by atoms with Gasteiger partial charge in [-0.2, -0.15) is 0 Å². The number of nitrogen functional groups attached to an aromatic ring is 1. The van der Waals surface area contributed by atoms with Crippen LogP contribution in [-0.4, -0.2) is 17.1 Å². The normalized spacial score (nSPS) is 14.3. The molecule has 0 radical (unpaired) electrons. The number of hydrogen-bond acceptors (Lipinski definition) is 4. The monoisotopic (exact) mass is 445 g/mol. The minimum atomic E-state index is 0.537. The zero-order valence-corrected chi connectivity index (χ0v) is 14.6. The maximum absolute atomic E-state index is 6.04. The van der Waals surface area contributed by atoms with E-state index in [0.29, 0.717) is 17.6 Å². The van der Waals surface area contributed by atoms with Crippen molar-refractivity contribution < 1.29 is 4.74 Å². The minimum absolute atomic E-state index is 0.537. The SMILES string of the molecule is COc1ccc(Br)c(-c2nc(N)c(I)c(C3CC3)n2)c1. The molecule has 1 aromatic heterocycles. The van der Waals surface area contributed by atoms with Crippen LogP contribution in [0.5, 0.6) is 5.75 Å². The molecule has 104 valence electrons. The maximum atomic E-state index is 6.04. The van der Waals surface area contributed by atoms with Gasteiger partial charge in [0.2, 0.25) is 0 Å². The quantitative estimate of drug-likeness (QED) is 0.726. The summed E-state index contributed by atoms with van der Waals surface area (Å²) in [7, 11) is 1.64. The molecule has 1 saturated carbocycles. The molecule has 3 rings (SSSR count). The third-order valence-electron chi connectivity index (χ3n) is 3.28. The van der Waals surface area contributed by atoms with E-state index >= 15 is 0 Å². The zero-order chi connectivity index (χ0) is 14.3. The number of anilines is 1. The topological polar surface area (TPSA) is 61.0 Å². The number of hydrogen-bond donors (Lipinski definition) is 1. The number of aromatic nitrogens is 2. The van der Waals surface area contributed by atoms with Gasteiger partial charge in [0.15, 0.2) is 5.82 Å². The molecule has 20 heavy (non-hydrogen) atoms. The molecule has 0 aliphatic heterocycles. The fourth-order valence-corrected chi connectivity index (χ4v) is 3.14. The van der Waals surface area contributed by atoms with Gasteiger partial charge in [0, 0.05) is 16.0 Å². The van der Waals surface area contributed by atoms with Crippen LogP contribution in [0.25, 0.3) is 11.4 Å². The van der Waals surface area contributed by atoms with E-state index in [1.807, 2.05) is 18.2 Å². The smallest absolute Gasteiger partial charge is 0.163 e. The van der Waals surface area contributed by atoms with Crippen LogP contribution in [0.4, 0.5) is 5.82 Å². The molecule has 0 atom stereocenters. The van der Waals surface area contributed by atoms with E-state index in [-0.39, 0.29) is 0 Å². The van der Waals surface area contributed by atoms with E-state index in [1.54, 1.807) is 7.11 Å². The Bertz CT molecular complexity index is 674. The minimum Gasteiger partial charge on any atom is -0.497 e. The molecule has 1 fully saturated rings. The van der Waals surface area contributed by atoms with Crippen molar-refractivity contribution in [2.24, 2.45) is 0 Å². The van der Waals surface area contributed by atoms with E-state index in [4.69, 9.17) is 15.5 Å². The number of nitrogens with two attached hydrogens (primary N) is 1. The molecule has 0 bridgehead atoms. The number of ether oxygens (including phenoxy) is 1. The highest BCUT2D eigenvalue weighted by Crippen LogP contribution is 2.43. The van der Waals surface area contributed by atoms with E-state index in [2.05, 4.69) is 43.5 Å². The second kappa shape index (κ2) is 5.48. The third-order valence-corrected chi connectivity index (χ3v) is 5.08. The predicted molar refractivity (Wildman–Crippen MR) is 90.8 cm³/mol. The van der Waals surface area contributed by atoms with Crippen LogP contribution in [0.2, 0.25) is 0 Å². The van der Waals surface area contributed by atoms with Gasteiger partial charge in [-0.05, 0) is 53.6 Å². The summed E-state index contributed by atoms with van der Waals surface area (Å²) in [6.45, 7) is 0. The highest BCUT2D eigenvalue weighted by Gasteiger charge is 2.29. The summed E-state index contributed by atoms with van der Waals surface area (Å²) in [6, 6.07) is 5.75. The van der Waals surface area contributed by atoms with Crippen molar-refractivity contribution >= 4 is 44.3 Å². The molecule has 1 aliphatic rings. The zero-order valence-electron chi connectivity index (χ0n) is 10.9. The van der Waals surface area contributed by atoms with Crippen LogP contribution in [-0.2, 0) is 0 Å². The maximum Gasteiger partial charge on any atom is 0.163 e. The van der Waals surface area contributed by atoms with Crippen molar-refractivity contribution in [1.82, 2.24) is 9.97 Å². The lowest BCUT2D eigenvalue weighted by Crippen LogP contribution is -2.04. The van der Waals surface area contributed by atoms with E-state index < -0.39 is 0 Å². The molecule has 1 aromatic carbocycles. The van der Waals surface area contributed by atoms with Crippen molar-refractivity contribution in [2.45, 2.75) is 18.8 Å². The van der Waals surface area contributed by atoms with Crippen LogP contribution in [0.1, 0.15) is 24.5 Å². The van der Waals surface area contributed by atoms with Crippen molar-refractivity contribution in [2.75, 3.05) is 12.8 Å². The average Bonchev–Trinajstić information content (AvgIpc) is 3.27. The van der Waals surface area contributed by atoms with Crippen molar-refractivity contribution in [1.29, 1.82) is 0 Å². The first-order valence-corrected chi connectivity index (χ1v) is 8.14. The average molecular weight is 446 g/mol. The van der Waals surface area contributed by atoms with Gasteiger partial charge in [0.05, 0.1) is 16.4 Å². The highest BCUT2D eigenvalue weighted by molar-refractivity contribution is 14.1. The molecule has 2 N–H and O–H groups in total. The lowest BCUT2D eigenvalue weighted by Gasteiger charge is -2.10. The van der Waals surface area contributed by atoms with E-state index in [0.717, 1.165) is 25.0 Å². The molecule has 2 aromatic rings. The van der Waals surface area contributed by atoms with Crippen LogP contribution in [0.15, 0.2) is 22.7 Å². The molecular weight excluding hydrogens is 433 g/mol. The van der Waals surface area contributed by atoms with Crippen LogP contribution >= 0.6 is 38.5 Å². The van der Waals surface area contributed by atoms with Crippen LogP contribution in [0.3, 0.4) is 0 Å². The molecular formula is C14H13BrIN3O. The lowest BCUT2D eigenvalue weighted by atomic mass is 10.2.